The molecule has 0 aliphatic heterocycles. The Balaban J connectivity index is 2.56. The lowest BCUT2D eigenvalue weighted by atomic mass is 9.90. The minimum absolute atomic E-state index is 0.283. The molecule has 1 aromatic rings. The van der Waals surface area contributed by atoms with Crippen LogP contribution in [0.4, 0.5) is 11.4 Å². The van der Waals surface area contributed by atoms with Crippen LogP contribution < -0.4 is 20.7 Å². The summed E-state index contributed by atoms with van der Waals surface area (Å²) in [5.74, 6) is 0. The van der Waals surface area contributed by atoms with Crippen LogP contribution in [0.15, 0.2) is 9.59 Å². The van der Waals surface area contributed by atoms with Crippen molar-refractivity contribution < 1.29 is 0 Å². The van der Waals surface area contributed by atoms with E-state index in [0.717, 1.165) is 38.9 Å². The molecule has 0 atom stereocenters. The first-order valence-corrected chi connectivity index (χ1v) is 15.6. The molecule has 1 aromatic carbocycles. The topological polar surface area (TPSA) is 43.9 Å². The zero-order valence-corrected chi connectivity index (χ0v) is 25.8. The van der Waals surface area contributed by atoms with E-state index in [9.17, 15) is 9.59 Å². The predicted octanol–water partition coefficient (Wildman–Crippen LogP) is 7.39. The lowest BCUT2D eigenvalue weighted by Gasteiger charge is -2.30. The molecule has 0 bridgehead atoms. The summed E-state index contributed by atoms with van der Waals surface area (Å²) < 4.78 is 0. The van der Waals surface area contributed by atoms with E-state index in [2.05, 4.69) is 39.5 Å². The quantitative estimate of drug-likeness (QED) is 0.111. The Hall–Kier alpha value is -1.36. The van der Waals surface area contributed by atoms with Gasteiger partial charge in [-0.15, -0.1) is 0 Å². The van der Waals surface area contributed by atoms with Gasteiger partial charge >= 0.3 is 0 Å². The van der Waals surface area contributed by atoms with Crippen molar-refractivity contribution in [3.8, 4) is 0 Å². The average Bonchev–Trinajstić information content (AvgIpc) is 2.84. The van der Waals surface area contributed by atoms with Gasteiger partial charge in [-0.05, 0) is 57.2 Å². The third kappa shape index (κ3) is 13.8. The summed E-state index contributed by atoms with van der Waals surface area (Å²) in [5, 5.41) is 0. The van der Waals surface area contributed by atoms with Crippen molar-refractivity contribution in [2.75, 3.05) is 56.6 Å². The molecule has 216 valence electrons. The normalized spacial score (nSPS) is 12.1. The fraction of sp³-hybridized carbons (Fsp3) is 0.875. The second kappa shape index (κ2) is 18.8. The molecule has 0 heterocycles. The lowest BCUT2D eigenvalue weighted by Crippen LogP contribution is -2.45. The van der Waals surface area contributed by atoms with Crippen LogP contribution in [-0.2, 0) is 0 Å². The highest BCUT2D eigenvalue weighted by molar-refractivity contribution is 5.75. The zero-order chi connectivity index (χ0) is 27.7. The highest BCUT2D eigenvalue weighted by Gasteiger charge is 2.27. The summed E-state index contributed by atoms with van der Waals surface area (Å²) in [6, 6.07) is 0. The van der Waals surface area contributed by atoms with Gasteiger partial charge in [-0.1, -0.05) is 98.8 Å². The Morgan fingerprint density at radius 2 is 0.892 bits per heavy atom. The van der Waals surface area contributed by atoms with Gasteiger partial charge in [-0.2, -0.15) is 0 Å². The second-order valence-electron chi connectivity index (χ2n) is 12.6. The number of nitrogens with zero attached hydrogens (tertiary/aromatic N) is 3. The van der Waals surface area contributed by atoms with Crippen molar-refractivity contribution >= 4 is 11.4 Å². The van der Waals surface area contributed by atoms with Crippen molar-refractivity contribution in [2.45, 2.75) is 131 Å². The van der Waals surface area contributed by atoms with E-state index in [1.807, 2.05) is 23.9 Å². The van der Waals surface area contributed by atoms with Gasteiger partial charge in [0.1, 0.15) is 11.4 Å². The SMILES string of the molecule is CCCCCCCCN(CCCCCCCC)CCCN(C)c1c(N(C)CCCC(C)(C)C)c(=O)c1=O. The predicted molar refractivity (Wildman–Crippen MR) is 164 cm³/mol. The van der Waals surface area contributed by atoms with E-state index in [4.69, 9.17) is 0 Å². The molecule has 0 amide bonds. The molecule has 0 aromatic heterocycles. The fourth-order valence-corrected chi connectivity index (χ4v) is 5.24. The largest absolute Gasteiger partial charge is 0.370 e. The molecule has 0 aliphatic rings. The first-order valence-electron chi connectivity index (χ1n) is 15.6. The van der Waals surface area contributed by atoms with Crippen LogP contribution in [-0.4, -0.2) is 51.7 Å². The maximum absolute atomic E-state index is 12.5. The Labute approximate surface area is 229 Å². The van der Waals surface area contributed by atoms with E-state index in [-0.39, 0.29) is 16.3 Å². The van der Waals surface area contributed by atoms with Gasteiger partial charge in [-0.25, -0.2) is 0 Å². The van der Waals surface area contributed by atoms with Gasteiger partial charge in [0.05, 0.1) is 0 Å². The molecular weight excluding hydrogens is 458 g/mol. The van der Waals surface area contributed by atoms with Crippen LogP contribution >= 0.6 is 0 Å². The van der Waals surface area contributed by atoms with Crippen LogP contribution in [0.25, 0.3) is 0 Å². The molecule has 1 rings (SSSR count). The maximum atomic E-state index is 12.5. The molecule has 0 spiro atoms. The Morgan fingerprint density at radius 1 is 0.514 bits per heavy atom. The first kappa shape index (κ1) is 33.7. The molecule has 5 nitrogen and oxygen atoms in total. The molecule has 0 fully saturated rings. The zero-order valence-electron chi connectivity index (χ0n) is 25.8. The maximum Gasteiger partial charge on any atom is 0.253 e. The summed E-state index contributed by atoms with van der Waals surface area (Å²) >= 11 is 0. The highest BCUT2D eigenvalue weighted by Crippen LogP contribution is 2.25. The van der Waals surface area contributed by atoms with Crippen LogP contribution in [0.2, 0.25) is 0 Å². The third-order valence-electron chi connectivity index (χ3n) is 7.67. The van der Waals surface area contributed by atoms with Crippen LogP contribution in [0.1, 0.15) is 131 Å². The minimum atomic E-state index is -0.312. The molecule has 0 unspecified atom stereocenters. The monoisotopic (exact) mass is 519 g/mol. The van der Waals surface area contributed by atoms with Crippen LogP contribution in [0.5, 0.6) is 0 Å². The molecule has 37 heavy (non-hydrogen) atoms. The van der Waals surface area contributed by atoms with Crippen molar-refractivity contribution in [1.82, 2.24) is 4.90 Å². The van der Waals surface area contributed by atoms with E-state index in [1.54, 1.807) is 0 Å². The first-order chi connectivity index (χ1) is 17.6. The van der Waals surface area contributed by atoms with Crippen molar-refractivity contribution in [2.24, 2.45) is 5.41 Å². The number of hydrogen-bond acceptors (Lipinski definition) is 5. The number of hydrogen-bond donors (Lipinski definition) is 0. The molecular formula is C32H61N3O2. The van der Waals surface area contributed by atoms with Crippen molar-refractivity contribution in [1.29, 1.82) is 0 Å². The van der Waals surface area contributed by atoms with E-state index < -0.39 is 0 Å². The minimum Gasteiger partial charge on any atom is -0.370 e. The molecule has 0 radical (unpaired) electrons. The molecule has 5 heteroatoms. The molecule has 0 saturated carbocycles. The number of rotatable bonds is 23. The van der Waals surface area contributed by atoms with Crippen molar-refractivity contribution in [3.05, 3.63) is 20.4 Å². The summed E-state index contributed by atoms with van der Waals surface area (Å²) in [5.41, 5.74) is 0.911. The van der Waals surface area contributed by atoms with Crippen LogP contribution in [0.3, 0.4) is 0 Å². The van der Waals surface area contributed by atoms with Gasteiger partial charge in [-0.3, -0.25) is 9.59 Å². The van der Waals surface area contributed by atoms with E-state index >= 15 is 0 Å². The molecule has 0 saturated heterocycles. The van der Waals surface area contributed by atoms with E-state index in [1.165, 1.54) is 90.1 Å². The number of unbranched alkanes of at least 4 members (excludes halogenated alkanes) is 10. The fourth-order valence-electron chi connectivity index (χ4n) is 5.24. The van der Waals surface area contributed by atoms with Gasteiger partial charge in [0.2, 0.25) is 0 Å². The van der Waals surface area contributed by atoms with Crippen molar-refractivity contribution in [3.63, 3.8) is 0 Å². The Bertz CT molecular complexity index is 760. The molecule has 0 aliphatic carbocycles. The van der Waals surface area contributed by atoms with E-state index in [0.29, 0.717) is 11.4 Å². The standard InChI is InChI=1S/C32H61N3O2/c1-8-10-12-14-16-18-25-35(26-19-17-15-13-11-9-2)27-21-24-34(7)29-28(30(36)31(29)37)33(6)23-20-22-32(3,4)5/h8-27H2,1-7H3. The smallest absolute Gasteiger partial charge is 0.253 e. The van der Waals surface area contributed by atoms with Gasteiger partial charge < -0.3 is 14.7 Å². The Kier molecular flexibility index (Phi) is 17.1. The van der Waals surface area contributed by atoms with Gasteiger partial charge in [0.25, 0.3) is 10.9 Å². The average molecular weight is 520 g/mol. The summed E-state index contributed by atoms with van der Waals surface area (Å²) in [6.07, 6.45) is 19.2. The second-order valence-corrected chi connectivity index (χ2v) is 12.6. The van der Waals surface area contributed by atoms with Crippen LogP contribution in [0, 0.1) is 5.41 Å². The summed E-state index contributed by atoms with van der Waals surface area (Å²) in [6.45, 7) is 16.3. The van der Waals surface area contributed by atoms with Gasteiger partial charge in [0, 0.05) is 27.2 Å². The molecule has 0 N–H and O–H groups in total. The summed E-state index contributed by atoms with van der Waals surface area (Å²) in [4.78, 5) is 31.5. The highest BCUT2D eigenvalue weighted by atomic mass is 16.2. The summed E-state index contributed by atoms with van der Waals surface area (Å²) in [7, 11) is 3.94. The number of anilines is 2. The Morgan fingerprint density at radius 3 is 1.32 bits per heavy atom. The third-order valence-corrected chi connectivity index (χ3v) is 7.67. The lowest BCUT2D eigenvalue weighted by molar-refractivity contribution is 0.258. The van der Waals surface area contributed by atoms with Gasteiger partial charge in [0.15, 0.2) is 0 Å².